The molecule has 30 heavy (non-hydrogen) atoms. The maximum atomic E-state index is 12.5. The third-order valence-corrected chi connectivity index (χ3v) is 5.13. The van der Waals surface area contributed by atoms with E-state index in [1.54, 1.807) is 31.4 Å². The van der Waals surface area contributed by atoms with Gasteiger partial charge >= 0.3 is 0 Å². The molecule has 0 fully saturated rings. The fourth-order valence-corrected chi connectivity index (χ4v) is 3.46. The van der Waals surface area contributed by atoms with Crippen LogP contribution >= 0.6 is 0 Å². The number of Topliss-reactive ketones (excluding diaryl/α,β-unsaturated/α-hetero) is 1. The number of ether oxygens (including phenoxy) is 3. The molecule has 1 amide bonds. The first-order valence-electron chi connectivity index (χ1n) is 10.3. The van der Waals surface area contributed by atoms with Gasteiger partial charge in [-0.1, -0.05) is 19.9 Å². The molecule has 6 heteroatoms. The predicted octanol–water partition coefficient (Wildman–Crippen LogP) is 4.33. The highest BCUT2D eigenvalue weighted by Crippen LogP contribution is 2.34. The first kappa shape index (κ1) is 21.7. The summed E-state index contributed by atoms with van der Waals surface area (Å²) in [6.45, 7) is 5.20. The minimum Gasteiger partial charge on any atom is -0.497 e. The quantitative estimate of drug-likeness (QED) is 0.622. The Morgan fingerprint density at radius 2 is 1.70 bits per heavy atom. The summed E-state index contributed by atoms with van der Waals surface area (Å²) in [5.74, 6) is 2.32. The molecular formula is C24H29NO5. The first-order valence-corrected chi connectivity index (χ1v) is 10.3. The van der Waals surface area contributed by atoms with Crippen molar-refractivity contribution in [2.75, 3.05) is 20.3 Å². The number of hydrogen-bond donors (Lipinski definition) is 1. The molecule has 1 atom stereocenters. The lowest BCUT2D eigenvalue weighted by Crippen LogP contribution is -2.31. The number of fused-ring (bicyclic) bond motifs is 1. The van der Waals surface area contributed by atoms with Crippen molar-refractivity contribution in [3.05, 3.63) is 53.6 Å². The van der Waals surface area contributed by atoms with Gasteiger partial charge in [-0.2, -0.15) is 0 Å². The van der Waals surface area contributed by atoms with Crippen LogP contribution in [0.4, 0.5) is 0 Å². The molecule has 0 spiro atoms. The van der Waals surface area contributed by atoms with Crippen LogP contribution in [0.5, 0.6) is 17.2 Å². The van der Waals surface area contributed by atoms with E-state index in [-0.39, 0.29) is 23.7 Å². The molecule has 0 aliphatic carbocycles. The van der Waals surface area contributed by atoms with Gasteiger partial charge in [0.2, 0.25) is 5.91 Å². The van der Waals surface area contributed by atoms with Crippen molar-refractivity contribution in [1.82, 2.24) is 5.32 Å². The summed E-state index contributed by atoms with van der Waals surface area (Å²) >= 11 is 0. The molecule has 2 aromatic rings. The number of amides is 1. The number of carbonyl (C=O) groups excluding carboxylic acids is 2. The Bertz CT molecular complexity index is 876. The minimum absolute atomic E-state index is 0.0256. The average molecular weight is 411 g/mol. The van der Waals surface area contributed by atoms with E-state index < -0.39 is 0 Å². The van der Waals surface area contributed by atoms with E-state index in [2.05, 4.69) is 19.2 Å². The van der Waals surface area contributed by atoms with Crippen LogP contribution in [0.1, 0.15) is 55.1 Å². The molecule has 6 nitrogen and oxygen atoms in total. The van der Waals surface area contributed by atoms with Crippen LogP contribution in [-0.2, 0) is 4.79 Å². The lowest BCUT2D eigenvalue weighted by Gasteiger charge is -2.25. The zero-order chi connectivity index (χ0) is 21.5. The smallest absolute Gasteiger partial charge is 0.220 e. The van der Waals surface area contributed by atoms with Crippen molar-refractivity contribution >= 4 is 11.7 Å². The van der Waals surface area contributed by atoms with E-state index in [1.165, 1.54) is 0 Å². The van der Waals surface area contributed by atoms with Gasteiger partial charge < -0.3 is 19.5 Å². The normalized spacial score (nSPS) is 13.6. The fourth-order valence-electron chi connectivity index (χ4n) is 3.46. The van der Waals surface area contributed by atoms with E-state index >= 15 is 0 Å². The summed E-state index contributed by atoms with van der Waals surface area (Å²) in [6.07, 6.45) is 1.13. The maximum Gasteiger partial charge on any atom is 0.220 e. The number of benzene rings is 2. The van der Waals surface area contributed by atoms with Crippen molar-refractivity contribution in [3.63, 3.8) is 0 Å². The molecule has 0 aromatic heterocycles. The first-order chi connectivity index (χ1) is 14.5. The monoisotopic (exact) mass is 411 g/mol. The number of rotatable bonds is 9. The molecule has 0 bridgehead atoms. The molecule has 1 aliphatic rings. The van der Waals surface area contributed by atoms with Crippen LogP contribution < -0.4 is 19.5 Å². The van der Waals surface area contributed by atoms with Crippen molar-refractivity contribution in [2.45, 2.75) is 39.2 Å². The van der Waals surface area contributed by atoms with Crippen LogP contribution in [-0.4, -0.2) is 32.0 Å². The van der Waals surface area contributed by atoms with E-state index in [4.69, 9.17) is 14.2 Å². The summed E-state index contributed by atoms with van der Waals surface area (Å²) in [5.41, 5.74) is 1.62. The van der Waals surface area contributed by atoms with Crippen molar-refractivity contribution in [3.8, 4) is 17.2 Å². The van der Waals surface area contributed by atoms with E-state index in [1.807, 2.05) is 18.2 Å². The van der Waals surface area contributed by atoms with Gasteiger partial charge in [0.25, 0.3) is 0 Å². The Morgan fingerprint density at radius 3 is 2.37 bits per heavy atom. The summed E-state index contributed by atoms with van der Waals surface area (Å²) in [7, 11) is 1.59. The highest BCUT2D eigenvalue weighted by Gasteiger charge is 2.21. The number of ketones is 1. The van der Waals surface area contributed by atoms with Gasteiger partial charge in [0, 0.05) is 18.4 Å². The molecule has 1 aliphatic heterocycles. The summed E-state index contributed by atoms with van der Waals surface area (Å²) in [6, 6.07) is 12.7. The number of hydrogen-bond acceptors (Lipinski definition) is 5. The van der Waals surface area contributed by atoms with Gasteiger partial charge in [0.05, 0.1) is 13.2 Å². The standard InChI is InChI=1S/C24H29NO5/c1-16(2)24(18-9-12-21-22(15-18)30-14-13-29-21)25-23(27)6-4-5-20(26)17-7-10-19(28-3)11-8-17/h7-12,15-16,24H,4-6,13-14H2,1-3H3,(H,25,27). The highest BCUT2D eigenvalue weighted by atomic mass is 16.6. The molecule has 160 valence electrons. The molecule has 3 rings (SSSR count). The predicted molar refractivity (Wildman–Crippen MR) is 114 cm³/mol. The van der Waals surface area contributed by atoms with Gasteiger partial charge in [-0.3, -0.25) is 9.59 Å². The van der Waals surface area contributed by atoms with Crippen LogP contribution in [0.25, 0.3) is 0 Å². The van der Waals surface area contributed by atoms with E-state index in [9.17, 15) is 9.59 Å². The van der Waals surface area contributed by atoms with Crippen LogP contribution in [0.3, 0.4) is 0 Å². The van der Waals surface area contributed by atoms with Gasteiger partial charge in [0.1, 0.15) is 19.0 Å². The van der Waals surface area contributed by atoms with Crippen LogP contribution in [0.15, 0.2) is 42.5 Å². The van der Waals surface area contributed by atoms with Gasteiger partial charge in [-0.25, -0.2) is 0 Å². The van der Waals surface area contributed by atoms with Gasteiger partial charge in [-0.15, -0.1) is 0 Å². The molecule has 0 saturated carbocycles. The number of carbonyl (C=O) groups is 2. The zero-order valence-corrected chi connectivity index (χ0v) is 17.8. The summed E-state index contributed by atoms with van der Waals surface area (Å²) < 4.78 is 16.3. The molecular weight excluding hydrogens is 382 g/mol. The van der Waals surface area contributed by atoms with Crippen LogP contribution in [0, 0.1) is 5.92 Å². The van der Waals surface area contributed by atoms with Crippen molar-refractivity contribution < 1.29 is 23.8 Å². The third kappa shape index (κ3) is 5.53. The number of methoxy groups -OCH3 is 1. The zero-order valence-electron chi connectivity index (χ0n) is 17.8. The Kier molecular flexibility index (Phi) is 7.33. The van der Waals surface area contributed by atoms with E-state index in [0.717, 1.165) is 11.3 Å². The topological polar surface area (TPSA) is 73.9 Å². The second-order valence-corrected chi connectivity index (χ2v) is 7.70. The molecule has 2 aromatic carbocycles. The Labute approximate surface area is 177 Å². The minimum atomic E-state index is -0.134. The SMILES string of the molecule is COc1ccc(C(=O)CCCC(=O)NC(c2ccc3c(c2)OCCO3)C(C)C)cc1. The summed E-state index contributed by atoms with van der Waals surface area (Å²) in [5, 5.41) is 3.10. The Morgan fingerprint density at radius 1 is 1.00 bits per heavy atom. The molecule has 1 N–H and O–H groups in total. The molecule has 1 unspecified atom stereocenters. The summed E-state index contributed by atoms with van der Waals surface area (Å²) in [4.78, 5) is 24.8. The fraction of sp³-hybridized carbons (Fsp3) is 0.417. The largest absolute Gasteiger partial charge is 0.497 e. The van der Waals surface area contributed by atoms with Crippen molar-refractivity contribution in [1.29, 1.82) is 0 Å². The second kappa shape index (κ2) is 10.1. The lowest BCUT2D eigenvalue weighted by molar-refractivity contribution is -0.122. The Balaban J connectivity index is 1.53. The maximum absolute atomic E-state index is 12.5. The molecule has 1 heterocycles. The third-order valence-electron chi connectivity index (χ3n) is 5.13. The van der Waals surface area contributed by atoms with Crippen molar-refractivity contribution in [2.24, 2.45) is 5.92 Å². The van der Waals surface area contributed by atoms with Gasteiger partial charge in [-0.05, 0) is 54.3 Å². The average Bonchev–Trinajstić information content (AvgIpc) is 2.77. The van der Waals surface area contributed by atoms with Crippen LogP contribution in [0.2, 0.25) is 0 Å². The Hall–Kier alpha value is -3.02. The number of nitrogens with one attached hydrogen (secondary N) is 1. The molecule has 0 radical (unpaired) electrons. The van der Waals surface area contributed by atoms with Gasteiger partial charge in [0.15, 0.2) is 17.3 Å². The lowest BCUT2D eigenvalue weighted by atomic mass is 9.95. The molecule has 0 saturated heterocycles. The second-order valence-electron chi connectivity index (χ2n) is 7.70. The highest BCUT2D eigenvalue weighted by molar-refractivity contribution is 5.96. The van der Waals surface area contributed by atoms with E-state index in [0.29, 0.717) is 49.5 Å².